The molecule has 1 atom stereocenters. The van der Waals surface area contributed by atoms with Crippen LogP contribution in [0.5, 0.6) is 5.75 Å². The van der Waals surface area contributed by atoms with E-state index in [9.17, 15) is 4.79 Å². The zero-order chi connectivity index (χ0) is 14.6. The molecule has 1 aromatic carbocycles. The zero-order valence-electron chi connectivity index (χ0n) is 11.7. The highest BCUT2D eigenvalue weighted by atomic mass is 35.5. The maximum atomic E-state index is 11.0. The van der Waals surface area contributed by atoms with E-state index in [0.29, 0.717) is 17.3 Å². The first-order valence-corrected chi connectivity index (χ1v) is 6.57. The summed E-state index contributed by atoms with van der Waals surface area (Å²) in [5.41, 5.74) is 0.818. The second kappa shape index (κ2) is 6.66. The van der Waals surface area contributed by atoms with Crippen molar-refractivity contribution in [1.82, 2.24) is 0 Å². The molecular formula is C14H20ClNO3. The molecule has 0 aromatic heterocycles. The van der Waals surface area contributed by atoms with Crippen molar-refractivity contribution >= 4 is 23.3 Å². The van der Waals surface area contributed by atoms with Crippen molar-refractivity contribution in [2.45, 2.75) is 26.8 Å². The van der Waals surface area contributed by atoms with Crippen molar-refractivity contribution in [3.8, 4) is 5.75 Å². The highest BCUT2D eigenvalue weighted by Crippen LogP contribution is 2.33. The molecule has 0 bridgehead atoms. The molecule has 1 aromatic rings. The van der Waals surface area contributed by atoms with Crippen LogP contribution in [0.15, 0.2) is 18.2 Å². The highest BCUT2D eigenvalue weighted by molar-refractivity contribution is 6.30. The van der Waals surface area contributed by atoms with Crippen LogP contribution in [0, 0.1) is 5.92 Å². The van der Waals surface area contributed by atoms with Gasteiger partial charge in [-0.3, -0.25) is 4.79 Å². The Kier molecular flexibility index (Phi) is 5.48. The van der Waals surface area contributed by atoms with E-state index < -0.39 is 11.9 Å². The second-order valence-corrected chi connectivity index (χ2v) is 5.24. The lowest BCUT2D eigenvalue weighted by Crippen LogP contribution is -2.37. The number of anilines is 1. The van der Waals surface area contributed by atoms with Gasteiger partial charge in [0.25, 0.3) is 0 Å². The van der Waals surface area contributed by atoms with E-state index in [-0.39, 0.29) is 6.04 Å². The van der Waals surface area contributed by atoms with Crippen molar-refractivity contribution in [3.63, 3.8) is 0 Å². The lowest BCUT2D eigenvalue weighted by atomic mass is 10.1. The van der Waals surface area contributed by atoms with Gasteiger partial charge in [0.1, 0.15) is 5.75 Å². The summed E-state index contributed by atoms with van der Waals surface area (Å²) in [5.74, 6) is -0.589. The van der Waals surface area contributed by atoms with Crippen molar-refractivity contribution in [2.75, 3.05) is 18.6 Å². The molecule has 0 heterocycles. The van der Waals surface area contributed by atoms with Crippen LogP contribution in [0.2, 0.25) is 5.02 Å². The van der Waals surface area contributed by atoms with Gasteiger partial charge >= 0.3 is 5.97 Å². The molecule has 5 heteroatoms. The molecular weight excluding hydrogens is 266 g/mol. The number of carboxylic acid groups (broad SMARTS) is 1. The van der Waals surface area contributed by atoms with E-state index in [1.54, 1.807) is 32.2 Å². The Bertz CT molecular complexity index is 448. The average Bonchev–Trinajstić information content (AvgIpc) is 2.34. The summed E-state index contributed by atoms with van der Waals surface area (Å²) in [6, 6.07) is 5.49. The molecule has 19 heavy (non-hydrogen) atoms. The van der Waals surface area contributed by atoms with Gasteiger partial charge in [0.15, 0.2) is 0 Å². The Labute approximate surface area is 118 Å². The number of nitrogens with zero attached hydrogens (tertiary/aromatic N) is 1. The van der Waals surface area contributed by atoms with Crippen LogP contribution >= 0.6 is 11.6 Å². The van der Waals surface area contributed by atoms with Gasteiger partial charge in [-0.15, -0.1) is 0 Å². The lowest BCUT2D eigenvalue weighted by Gasteiger charge is -2.31. The maximum absolute atomic E-state index is 11.0. The Balaban J connectivity index is 3.11. The topological polar surface area (TPSA) is 49.8 Å². The number of methoxy groups -OCH3 is 1. The van der Waals surface area contributed by atoms with Crippen LogP contribution in [-0.4, -0.2) is 30.8 Å². The predicted molar refractivity (Wildman–Crippen MR) is 77.3 cm³/mol. The Morgan fingerprint density at radius 2 is 2.05 bits per heavy atom. The van der Waals surface area contributed by atoms with Crippen LogP contribution in [0.1, 0.15) is 20.8 Å². The minimum absolute atomic E-state index is 0.147. The van der Waals surface area contributed by atoms with E-state index in [2.05, 4.69) is 0 Å². The molecule has 106 valence electrons. The van der Waals surface area contributed by atoms with E-state index >= 15 is 0 Å². The smallest absolute Gasteiger partial charge is 0.308 e. The summed E-state index contributed by atoms with van der Waals surface area (Å²) < 4.78 is 5.33. The van der Waals surface area contributed by atoms with Gasteiger partial charge in [0, 0.05) is 17.6 Å². The van der Waals surface area contributed by atoms with Gasteiger partial charge in [0.2, 0.25) is 0 Å². The van der Waals surface area contributed by atoms with Crippen molar-refractivity contribution in [1.29, 1.82) is 0 Å². The Morgan fingerprint density at radius 3 is 2.53 bits per heavy atom. The molecule has 1 unspecified atom stereocenters. The number of aliphatic carboxylic acids is 1. The number of carboxylic acids is 1. The molecule has 0 aliphatic carbocycles. The SMILES string of the molecule is COc1ccc(Cl)cc1N(CC(C)C(=O)O)C(C)C. The van der Waals surface area contributed by atoms with E-state index in [1.165, 1.54) is 0 Å². The number of ether oxygens (including phenoxy) is 1. The fourth-order valence-corrected chi connectivity index (χ4v) is 2.01. The fraction of sp³-hybridized carbons (Fsp3) is 0.500. The summed E-state index contributed by atoms with van der Waals surface area (Å²) >= 11 is 6.02. The number of halogens is 1. The third-order valence-corrected chi connectivity index (χ3v) is 3.20. The molecule has 0 saturated carbocycles. The maximum Gasteiger partial charge on any atom is 0.308 e. The van der Waals surface area contributed by atoms with Crippen molar-refractivity contribution < 1.29 is 14.6 Å². The third kappa shape index (κ3) is 4.03. The van der Waals surface area contributed by atoms with Gasteiger partial charge in [-0.2, -0.15) is 0 Å². The van der Waals surface area contributed by atoms with Crippen LogP contribution < -0.4 is 9.64 Å². The third-order valence-electron chi connectivity index (χ3n) is 2.97. The number of hydrogen-bond acceptors (Lipinski definition) is 3. The number of hydrogen-bond donors (Lipinski definition) is 1. The van der Waals surface area contributed by atoms with Gasteiger partial charge in [-0.25, -0.2) is 0 Å². The number of benzene rings is 1. The molecule has 0 saturated heterocycles. The zero-order valence-corrected chi connectivity index (χ0v) is 12.4. The monoisotopic (exact) mass is 285 g/mol. The predicted octanol–water partition coefficient (Wildman–Crippen LogP) is 3.28. The van der Waals surface area contributed by atoms with Crippen LogP contribution in [0.25, 0.3) is 0 Å². The van der Waals surface area contributed by atoms with Crippen LogP contribution in [0.3, 0.4) is 0 Å². The Hall–Kier alpha value is -1.42. The first kappa shape index (κ1) is 15.6. The van der Waals surface area contributed by atoms with Crippen LogP contribution in [0.4, 0.5) is 5.69 Å². The first-order chi connectivity index (χ1) is 8.86. The Morgan fingerprint density at radius 1 is 1.42 bits per heavy atom. The average molecular weight is 286 g/mol. The quantitative estimate of drug-likeness (QED) is 0.871. The second-order valence-electron chi connectivity index (χ2n) is 4.80. The molecule has 1 rings (SSSR count). The molecule has 0 aliphatic heterocycles. The molecule has 0 amide bonds. The van der Waals surface area contributed by atoms with Crippen molar-refractivity contribution in [3.05, 3.63) is 23.2 Å². The molecule has 0 spiro atoms. The summed E-state index contributed by atoms with van der Waals surface area (Å²) in [4.78, 5) is 13.0. The van der Waals surface area contributed by atoms with E-state index in [0.717, 1.165) is 5.69 Å². The van der Waals surface area contributed by atoms with E-state index in [4.69, 9.17) is 21.4 Å². The molecule has 0 fully saturated rings. The minimum atomic E-state index is -0.813. The summed E-state index contributed by atoms with van der Waals surface area (Å²) in [7, 11) is 1.59. The largest absolute Gasteiger partial charge is 0.495 e. The normalized spacial score (nSPS) is 12.3. The summed E-state index contributed by atoms with van der Waals surface area (Å²) in [6.07, 6.45) is 0. The van der Waals surface area contributed by atoms with Gasteiger partial charge in [-0.05, 0) is 32.0 Å². The van der Waals surface area contributed by atoms with Crippen LogP contribution in [-0.2, 0) is 4.79 Å². The molecule has 4 nitrogen and oxygen atoms in total. The number of carbonyl (C=O) groups is 1. The molecule has 0 radical (unpaired) electrons. The molecule has 0 aliphatic rings. The standard InChI is InChI=1S/C14H20ClNO3/c1-9(2)16(8-10(3)14(17)18)12-7-11(15)5-6-13(12)19-4/h5-7,9-10H,8H2,1-4H3,(H,17,18). The van der Waals surface area contributed by atoms with Gasteiger partial charge in [0.05, 0.1) is 18.7 Å². The van der Waals surface area contributed by atoms with Crippen molar-refractivity contribution in [2.24, 2.45) is 5.92 Å². The fourth-order valence-electron chi connectivity index (χ4n) is 1.85. The minimum Gasteiger partial charge on any atom is -0.495 e. The lowest BCUT2D eigenvalue weighted by molar-refractivity contribution is -0.140. The van der Waals surface area contributed by atoms with Gasteiger partial charge in [-0.1, -0.05) is 18.5 Å². The molecule has 1 N–H and O–H groups in total. The van der Waals surface area contributed by atoms with E-state index in [1.807, 2.05) is 18.7 Å². The summed E-state index contributed by atoms with van der Waals surface area (Å²) in [5, 5.41) is 9.66. The number of rotatable bonds is 6. The first-order valence-electron chi connectivity index (χ1n) is 6.19. The highest BCUT2D eigenvalue weighted by Gasteiger charge is 2.21. The van der Waals surface area contributed by atoms with Gasteiger partial charge < -0.3 is 14.7 Å². The summed E-state index contributed by atoms with van der Waals surface area (Å²) in [6.45, 7) is 6.11.